The lowest BCUT2D eigenvalue weighted by atomic mass is 10.1. The lowest BCUT2D eigenvalue weighted by Crippen LogP contribution is -2.19. The molecule has 4 heteroatoms. The highest BCUT2D eigenvalue weighted by Crippen LogP contribution is 2.12. The molecule has 0 aromatic heterocycles. The maximum Gasteiger partial charge on any atom is 0.308 e. The fraction of sp³-hybridized carbons (Fsp3) is 0.417. The van der Waals surface area contributed by atoms with E-state index in [-0.39, 0.29) is 0 Å². The third-order valence-corrected chi connectivity index (χ3v) is 2.27. The predicted octanol–water partition coefficient (Wildman–Crippen LogP) is 1.97. The Bertz CT molecular complexity index is 352. The van der Waals surface area contributed by atoms with Crippen LogP contribution in [-0.2, 0) is 16.1 Å². The Morgan fingerprint density at radius 3 is 2.94 bits per heavy atom. The molecule has 88 valence electrons. The number of carboxylic acids is 1. The summed E-state index contributed by atoms with van der Waals surface area (Å²) in [5, 5.41) is 11.8. The van der Waals surface area contributed by atoms with E-state index >= 15 is 0 Å². The third-order valence-electron chi connectivity index (χ3n) is 2.27. The molecule has 0 heterocycles. The first kappa shape index (κ1) is 12.5. The summed E-state index contributed by atoms with van der Waals surface area (Å²) in [6, 6.07) is 7.75. The van der Waals surface area contributed by atoms with Crippen molar-refractivity contribution in [2.75, 3.05) is 19.0 Å². The van der Waals surface area contributed by atoms with Crippen molar-refractivity contribution >= 4 is 11.7 Å². The molecule has 1 aromatic carbocycles. The largest absolute Gasteiger partial charge is 0.481 e. The molecule has 0 aliphatic rings. The molecule has 4 nitrogen and oxygen atoms in total. The third kappa shape index (κ3) is 3.90. The van der Waals surface area contributed by atoms with Crippen molar-refractivity contribution in [3.63, 3.8) is 0 Å². The van der Waals surface area contributed by atoms with Crippen molar-refractivity contribution in [3.8, 4) is 0 Å². The van der Waals surface area contributed by atoms with Gasteiger partial charge in [-0.15, -0.1) is 0 Å². The smallest absolute Gasteiger partial charge is 0.308 e. The zero-order valence-corrected chi connectivity index (χ0v) is 9.56. The number of hydrogen-bond acceptors (Lipinski definition) is 3. The summed E-state index contributed by atoms with van der Waals surface area (Å²) in [6.07, 6.45) is 0. The molecule has 0 saturated heterocycles. The van der Waals surface area contributed by atoms with Crippen molar-refractivity contribution < 1.29 is 14.6 Å². The fourth-order valence-electron chi connectivity index (χ4n) is 1.30. The monoisotopic (exact) mass is 223 g/mol. The first-order valence-electron chi connectivity index (χ1n) is 5.18. The molecule has 0 saturated carbocycles. The quantitative estimate of drug-likeness (QED) is 0.774. The molecule has 1 aromatic rings. The second-order valence-corrected chi connectivity index (χ2v) is 3.75. The van der Waals surface area contributed by atoms with Gasteiger partial charge in [0.1, 0.15) is 0 Å². The Kier molecular flexibility index (Phi) is 4.79. The second-order valence-electron chi connectivity index (χ2n) is 3.75. The van der Waals surface area contributed by atoms with E-state index < -0.39 is 11.9 Å². The maximum atomic E-state index is 10.6. The Labute approximate surface area is 95.2 Å². The highest BCUT2D eigenvalue weighted by atomic mass is 16.5. The predicted molar refractivity (Wildman–Crippen MR) is 62.4 cm³/mol. The number of hydrogen-bond donors (Lipinski definition) is 2. The Morgan fingerprint density at radius 2 is 2.31 bits per heavy atom. The number of rotatable bonds is 6. The van der Waals surface area contributed by atoms with Crippen molar-refractivity contribution in [1.82, 2.24) is 0 Å². The van der Waals surface area contributed by atoms with E-state index in [0.29, 0.717) is 13.2 Å². The molecule has 0 fully saturated rings. The summed E-state index contributed by atoms with van der Waals surface area (Å²) in [4.78, 5) is 10.6. The summed E-state index contributed by atoms with van der Waals surface area (Å²) >= 11 is 0. The van der Waals surface area contributed by atoms with Crippen molar-refractivity contribution in [1.29, 1.82) is 0 Å². The average Bonchev–Trinajstić information content (AvgIpc) is 2.26. The minimum Gasteiger partial charge on any atom is -0.481 e. The molecule has 0 aliphatic carbocycles. The van der Waals surface area contributed by atoms with Crippen LogP contribution in [0.15, 0.2) is 24.3 Å². The van der Waals surface area contributed by atoms with Gasteiger partial charge in [0.15, 0.2) is 0 Å². The van der Waals surface area contributed by atoms with Crippen molar-refractivity contribution in [2.24, 2.45) is 5.92 Å². The number of methoxy groups -OCH3 is 1. The highest BCUT2D eigenvalue weighted by molar-refractivity contribution is 5.70. The average molecular weight is 223 g/mol. The molecule has 2 N–H and O–H groups in total. The molecule has 16 heavy (non-hydrogen) atoms. The van der Waals surface area contributed by atoms with Gasteiger partial charge in [-0.25, -0.2) is 0 Å². The van der Waals surface area contributed by atoms with Gasteiger partial charge in [0.2, 0.25) is 0 Å². The number of nitrogens with one attached hydrogen (secondary N) is 1. The van der Waals surface area contributed by atoms with Crippen LogP contribution < -0.4 is 5.32 Å². The van der Waals surface area contributed by atoms with Gasteiger partial charge in [-0.3, -0.25) is 4.79 Å². The molecule has 0 aliphatic heterocycles. The number of carbonyl (C=O) groups is 1. The lowest BCUT2D eigenvalue weighted by molar-refractivity contribution is -0.140. The van der Waals surface area contributed by atoms with Crippen LogP contribution in [0.1, 0.15) is 12.5 Å². The van der Waals surface area contributed by atoms with E-state index in [1.807, 2.05) is 24.3 Å². The number of ether oxygens (including phenoxy) is 1. The number of carboxylic acid groups (broad SMARTS) is 1. The highest BCUT2D eigenvalue weighted by Gasteiger charge is 2.09. The fourth-order valence-corrected chi connectivity index (χ4v) is 1.30. The molecule has 0 radical (unpaired) electrons. The molecule has 1 rings (SSSR count). The van der Waals surface area contributed by atoms with Gasteiger partial charge < -0.3 is 15.2 Å². The minimum absolute atomic E-state index is 0.397. The maximum absolute atomic E-state index is 10.6. The van der Waals surface area contributed by atoms with E-state index in [0.717, 1.165) is 11.3 Å². The van der Waals surface area contributed by atoms with Crippen LogP contribution in [0, 0.1) is 5.92 Å². The van der Waals surface area contributed by atoms with Crippen molar-refractivity contribution in [2.45, 2.75) is 13.5 Å². The van der Waals surface area contributed by atoms with Crippen LogP contribution in [-0.4, -0.2) is 24.7 Å². The van der Waals surface area contributed by atoms with Crippen LogP contribution in [0.25, 0.3) is 0 Å². The minimum atomic E-state index is -0.791. The number of aliphatic carboxylic acids is 1. The van der Waals surface area contributed by atoms with Gasteiger partial charge >= 0.3 is 5.97 Å². The van der Waals surface area contributed by atoms with Gasteiger partial charge in [-0.2, -0.15) is 0 Å². The lowest BCUT2D eigenvalue weighted by Gasteiger charge is -2.10. The van der Waals surface area contributed by atoms with Crippen LogP contribution in [0.3, 0.4) is 0 Å². The topological polar surface area (TPSA) is 58.6 Å². The van der Waals surface area contributed by atoms with Gasteiger partial charge in [-0.1, -0.05) is 19.1 Å². The summed E-state index contributed by atoms with van der Waals surface area (Å²) in [5.74, 6) is -1.19. The molecule has 0 bridgehead atoms. The van der Waals surface area contributed by atoms with Gasteiger partial charge in [0.05, 0.1) is 12.5 Å². The summed E-state index contributed by atoms with van der Waals surface area (Å²) in [5.41, 5.74) is 1.98. The first-order chi connectivity index (χ1) is 7.63. The summed E-state index contributed by atoms with van der Waals surface area (Å²) in [7, 11) is 1.65. The van der Waals surface area contributed by atoms with Crippen LogP contribution in [0.2, 0.25) is 0 Å². The number of benzene rings is 1. The Balaban J connectivity index is 2.53. The van der Waals surface area contributed by atoms with E-state index in [4.69, 9.17) is 9.84 Å². The van der Waals surface area contributed by atoms with E-state index in [9.17, 15) is 4.79 Å². The van der Waals surface area contributed by atoms with E-state index in [1.54, 1.807) is 14.0 Å². The first-order valence-corrected chi connectivity index (χ1v) is 5.18. The second kappa shape index (κ2) is 6.12. The van der Waals surface area contributed by atoms with Crippen molar-refractivity contribution in [3.05, 3.63) is 29.8 Å². The SMILES string of the molecule is COCc1cccc(NCC(C)C(=O)O)c1. The van der Waals surface area contributed by atoms with Gasteiger partial charge in [0.25, 0.3) is 0 Å². The Hall–Kier alpha value is -1.55. The zero-order chi connectivity index (χ0) is 12.0. The molecule has 0 spiro atoms. The van der Waals surface area contributed by atoms with E-state index in [1.165, 1.54) is 0 Å². The molecular formula is C12H17NO3. The van der Waals surface area contributed by atoms with E-state index in [2.05, 4.69) is 5.32 Å². The Morgan fingerprint density at radius 1 is 1.56 bits per heavy atom. The van der Waals surface area contributed by atoms with Crippen LogP contribution >= 0.6 is 0 Å². The number of anilines is 1. The van der Waals surface area contributed by atoms with Gasteiger partial charge in [0, 0.05) is 19.3 Å². The standard InChI is InChI=1S/C12H17NO3/c1-9(12(14)15)7-13-11-5-3-4-10(6-11)8-16-2/h3-6,9,13H,7-8H2,1-2H3,(H,14,15). The molecule has 0 amide bonds. The van der Waals surface area contributed by atoms with Crippen LogP contribution in [0.5, 0.6) is 0 Å². The molecular weight excluding hydrogens is 206 g/mol. The zero-order valence-electron chi connectivity index (χ0n) is 9.56. The normalized spacial score (nSPS) is 12.1. The molecule has 1 atom stereocenters. The molecule has 1 unspecified atom stereocenters. The summed E-state index contributed by atoms with van der Waals surface area (Å²) < 4.78 is 5.02. The van der Waals surface area contributed by atoms with Gasteiger partial charge in [-0.05, 0) is 17.7 Å². The van der Waals surface area contributed by atoms with Crippen LogP contribution in [0.4, 0.5) is 5.69 Å². The summed E-state index contributed by atoms with van der Waals surface area (Å²) in [6.45, 7) is 2.66.